The molecule has 0 spiro atoms. The van der Waals surface area contributed by atoms with Gasteiger partial charge in [-0.3, -0.25) is 0 Å². The largest absolute Gasteiger partial charge is 0.508 e. The van der Waals surface area contributed by atoms with Gasteiger partial charge in [-0.25, -0.2) is 0 Å². The lowest BCUT2D eigenvalue weighted by atomic mass is 10.1. The van der Waals surface area contributed by atoms with E-state index in [9.17, 15) is 5.11 Å². The van der Waals surface area contributed by atoms with Crippen molar-refractivity contribution in [3.63, 3.8) is 0 Å². The second kappa shape index (κ2) is 8.63. The number of hydrogen-bond acceptors (Lipinski definition) is 4. The van der Waals surface area contributed by atoms with Crippen molar-refractivity contribution < 1.29 is 14.6 Å². The molecule has 0 aliphatic rings. The Morgan fingerprint density at radius 1 is 0.962 bits per heavy atom. The van der Waals surface area contributed by atoms with Crippen LogP contribution in [0.2, 0.25) is 0 Å². The lowest BCUT2D eigenvalue weighted by Crippen LogP contribution is -2.06. The molecule has 0 heterocycles. The lowest BCUT2D eigenvalue weighted by Gasteiger charge is -2.17. The van der Waals surface area contributed by atoms with Gasteiger partial charge in [0.05, 0.1) is 7.11 Å². The SMILES string of the molecule is COc1ccc(Br)c(CNc2ccc(O)cc2)c1OCc1ccccc1. The standard InChI is InChI=1S/C21H20BrNO3/c1-25-20-12-11-19(22)18(13-23-16-7-9-17(24)10-8-16)21(20)26-14-15-5-3-2-4-6-15/h2-12,23-24H,13-14H2,1H3. The maximum absolute atomic E-state index is 9.40. The number of phenolic OH excluding ortho intramolecular Hbond substituents is 1. The number of rotatable bonds is 7. The molecule has 0 aliphatic carbocycles. The summed E-state index contributed by atoms with van der Waals surface area (Å²) in [5.41, 5.74) is 2.96. The second-order valence-electron chi connectivity index (χ2n) is 5.73. The number of anilines is 1. The van der Waals surface area contributed by atoms with Crippen LogP contribution in [0.25, 0.3) is 0 Å². The Kier molecular flexibility index (Phi) is 6.02. The van der Waals surface area contributed by atoms with E-state index in [1.165, 1.54) is 0 Å². The first-order valence-electron chi connectivity index (χ1n) is 8.22. The summed E-state index contributed by atoms with van der Waals surface area (Å²) in [6.07, 6.45) is 0. The number of phenols is 1. The predicted octanol–water partition coefficient (Wildman–Crippen LogP) is 5.35. The van der Waals surface area contributed by atoms with Crippen molar-refractivity contribution >= 4 is 21.6 Å². The molecule has 3 rings (SSSR count). The highest BCUT2D eigenvalue weighted by atomic mass is 79.9. The van der Waals surface area contributed by atoms with Gasteiger partial charge in [0, 0.05) is 22.3 Å². The van der Waals surface area contributed by atoms with Crippen molar-refractivity contribution in [3.05, 3.63) is 82.3 Å². The molecule has 0 amide bonds. The van der Waals surface area contributed by atoms with Crippen LogP contribution >= 0.6 is 15.9 Å². The highest BCUT2D eigenvalue weighted by Gasteiger charge is 2.15. The van der Waals surface area contributed by atoms with Crippen molar-refractivity contribution in [1.29, 1.82) is 0 Å². The fraction of sp³-hybridized carbons (Fsp3) is 0.143. The third-order valence-corrected chi connectivity index (χ3v) is 4.69. The third kappa shape index (κ3) is 4.49. The summed E-state index contributed by atoms with van der Waals surface area (Å²) in [4.78, 5) is 0. The van der Waals surface area contributed by atoms with Gasteiger partial charge in [-0.2, -0.15) is 0 Å². The number of halogens is 1. The lowest BCUT2D eigenvalue weighted by molar-refractivity contribution is 0.281. The molecular formula is C21H20BrNO3. The molecule has 0 bridgehead atoms. The van der Waals surface area contributed by atoms with Gasteiger partial charge >= 0.3 is 0 Å². The van der Waals surface area contributed by atoms with E-state index in [1.807, 2.05) is 54.6 Å². The molecule has 0 radical (unpaired) electrons. The molecular weight excluding hydrogens is 394 g/mol. The molecule has 3 aromatic carbocycles. The van der Waals surface area contributed by atoms with E-state index in [0.29, 0.717) is 24.7 Å². The van der Waals surface area contributed by atoms with Gasteiger partial charge in [0.2, 0.25) is 0 Å². The Labute approximate surface area is 161 Å². The Hall–Kier alpha value is -2.66. The third-order valence-electron chi connectivity index (χ3n) is 3.95. The monoisotopic (exact) mass is 413 g/mol. The number of benzene rings is 3. The maximum atomic E-state index is 9.40. The molecule has 0 aliphatic heterocycles. The number of aromatic hydroxyl groups is 1. The highest BCUT2D eigenvalue weighted by molar-refractivity contribution is 9.10. The van der Waals surface area contributed by atoms with E-state index in [4.69, 9.17) is 9.47 Å². The molecule has 0 saturated heterocycles. The van der Waals surface area contributed by atoms with Crippen LogP contribution in [0.3, 0.4) is 0 Å². The molecule has 134 valence electrons. The molecule has 0 fully saturated rings. The smallest absolute Gasteiger partial charge is 0.167 e. The van der Waals surface area contributed by atoms with E-state index >= 15 is 0 Å². The molecule has 26 heavy (non-hydrogen) atoms. The average molecular weight is 414 g/mol. The van der Waals surface area contributed by atoms with Crippen LogP contribution in [-0.4, -0.2) is 12.2 Å². The van der Waals surface area contributed by atoms with Crippen LogP contribution in [0.5, 0.6) is 17.2 Å². The summed E-state index contributed by atoms with van der Waals surface area (Å²) in [5, 5.41) is 12.7. The fourth-order valence-electron chi connectivity index (χ4n) is 2.57. The predicted molar refractivity (Wildman–Crippen MR) is 107 cm³/mol. The molecule has 4 nitrogen and oxygen atoms in total. The first-order chi connectivity index (χ1) is 12.7. The van der Waals surface area contributed by atoms with Crippen LogP contribution in [0, 0.1) is 0 Å². The Morgan fingerprint density at radius 3 is 2.38 bits per heavy atom. The zero-order chi connectivity index (χ0) is 18.4. The van der Waals surface area contributed by atoms with Crippen molar-refractivity contribution in [2.45, 2.75) is 13.2 Å². The normalized spacial score (nSPS) is 10.4. The molecule has 0 aromatic heterocycles. The van der Waals surface area contributed by atoms with E-state index in [1.54, 1.807) is 19.2 Å². The quantitative estimate of drug-likeness (QED) is 0.512. The fourth-order valence-corrected chi connectivity index (χ4v) is 3.02. The molecule has 0 atom stereocenters. The van der Waals surface area contributed by atoms with Gasteiger partial charge in [0.25, 0.3) is 0 Å². The Balaban J connectivity index is 1.81. The van der Waals surface area contributed by atoms with E-state index < -0.39 is 0 Å². The van der Waals surface area contributed by atoms with Crippen molar-refractivity contribution in [2.24, 2.45) is 0 Å². The van der Waals surface area contributed by atoms with Gasteiger partial charge in [-0.1, -0.05) is 46.3 Å². The molecule has 5 heteroatoms. The maximum Gasteiger partial charge on any atom is 0.167 e. The molecule has 0 unspecified atom stereocenters. The summed E-state index contributed by atoms with van der Waals surface area (Å²) >= 11 is 3.61. The Bertz CT molecular complexity index is 851. The second-order valence-corrected chi connectivity index (χ2v) is 6.59. The van der Waals surface area contributed by atoms with Crippen molar-refractivity contribution in [1.82, 2.24) is 0 Å². The molecule has 2 N–H and O–H groups in total. The van der Waals surface area contributed by atoms with E-state index in [2.05, 4.69) is 21.2 Å². The van der Waals surface area contributed by atoms with Gasteiger partial charge in [0.15, 0.2) is 11.5 Å². The Morgan fingerprint density at radius 2 is 1.69 bits per heavy atom. The van der Waals surface area contributed by atoms with Crippen LogP contribution in [-0.2, 0) is 13.2 Å². The minimum absolute atomic E-state index is 0.241. The highest BCUT2D eigenvalue weighted by Crippen LogP contribution is 2.37. The van der Waals surface area contributed by atoms with E-state index in [0.717, 1.165) is 21.3 Å². The van der Waals surface area contributed by atoms with Gasteiger partial charge in [0.1, 0.15) is 12.4 Å². The summed E-state index contributed by atoms with van der Waals surface area (Å²) in [6.45, 7) is 1.01. The minimum atomic E-state index is 0.241. The number of nitrogens with one attached hydrogen (secondary N) is 1. The zero-order valence-corrected chi connectivity index (χ0v) is 16.0. The van der Waals surface area contributed by atoms with E-state index in [-0.39, 0.29) is 5.75 Å². The van der Waals surface area contributed by atoms with Crippen LogP contribution in [0.4, 0.5) is 5.69 Å². The summed E-state index contributed by atoms with van der Waals surface area (Å²) in [5.74, 6) is 1.63. The summed E-state index contributed by atoms with van der Waals surface area (Å²) < 4.78 is 12.5. The van der Waals surface area contributed by atoms with Crippen LogP contribution in [0.15, 0.2) is 71.2 Å². The molecule has 3 aromatic rings. The summed E-state index contributed by atoms with van der Waals surface area (Å²) in [7, 11) is 1.63. The summed E-state index contributed by atoms with van der Waals surface area (Å²) in [6, 6.07) is 20.8. The minimum Gasteiger partial charge on any atom is -0.508 e. The molecule has 0 saturated carbocycles. The van der Waals surface area contributed by atoms with Gasteiger partial charge in [-0.05, 0) is 42.0 Å². The van der Waals surface area contributed by atoms with Gasteiger partial charge < -0.3 is 19.9 Å². The van der Waals surface area contributed by atoms with Crippen LogP contribution in [0.1, 0.15) is 11.1 Å². The van der Waals surface area contributed by atoms with Crippen molar-refractivity contribution in [3.8, 4) is 17.2 Å². The number of hydrogen-bond donors (Lipinski definition) is 2. The first-order valence-corrected chi connectivity index (χ1v) is 9.01. The average Bonchev–Trinajstić information content (AvgIpc) is 2.67. The van der Waals surface area contributed by atoms with Gasteiger partial charge in [-0.15, -0.1) is 0 Å². The van der Waals surface area contributed by atoms with Crippen LogP contribution < -0.4 is 14.8 Å². The zero-order valence-electron chi connectivity index (χ0n) is 14.4. The van der Waals surface area contributed by atoms with Crippen molar-refractivity contribution in [2.75, 3.05) is 12.4 Å². The first kappa shape index (κ1) is 18.1. The number of methoxy groups -OCH3 is 1. The topological polar surface area (TPSA) is 50.7 Å². The number of ether oxygens (including phenoxy) is 2.